The fourth-order valence-electron chi connectivity index (χ4n) is 8.88. The minimum Gasteiger partial charge on any atom is -0.391 e. The molecule has 1 saturated heterocycles. The first-order valence-electron chi connectivity index (χ1n) is 28.2. The lowest BCUT2D eigenvalue weighted by Gasteiger charge is -2.31. The van der Waals surface area contributed by atoms with E-state index in [4.69, 9.17) is 40.3 Å². The van der Waals surface area contributed by atoms with E-state index in [0.717, 1.165) is 0 Å². The second-order valence-electron chi connectivity index (χ2n) is 21.0. The van der Waals surface area contributed by atoms with Crippen molar-refractivity contribution in [2.75, 3.05) is 44.6 Å². The van der Waals surface area contributed by atoms with Crippen LogP contribution in [0.15, 0.2) is 54.6 Å². The maximum absolute atomic E-state index is 14.4. The quantitative estimate of drug-likeness (QED) is 0.0466. The van der Waals surface area contributed by atoms with Crippen LogP contribution >= 0.6 is 11.6 Å². The van der Waals surface area contributed by atoms with Crippen molar-refractivity contribution in [3.05, 3.63) is 65.2 Å². The molecule has 30 nitrogen and oxygen atoms in total. The predicted octanol–water partition coefficient (Wildman–Crippen LogP) is -5.70. The van der Waals surface area contributed by atoms with Gasteiger partial charge in [-0.15, -0.1) is 0 Å². The first-order chi connectivity index (χ1) is 40.4. The fraction of sp³-hybridized carbons (Fsp3) is 0.593. The van der Waals surface area contributed by atoms with Crippen LogP contribution in [-0.4, -0.2) is 193 Å². The Morgan fingerprint density at radius 3 is 1.66 bits per heavy atom. The number of hydrogen-bond donors (Lipinski definition) is 20. The number of aliphatic hydroxyl groups is 3. The number of amides is 11. The summed E-state index contributed by atoms with van der Waals surface area (Å²) in [4.78, 5) is 139. The zero-order valence-electron chi connectivity index (χ0n) is 48.4. The number of halogens is 1. The standard InChI is InChI=1S/C54H88ClN17O13/c1-28(2)26-40-50(81)64-34(14-20-56)44(75)63-37(17-23-59)48(79)71-42(29(3)73)52(83)61-25-19-39(47(78)62-35(15-21-57)46(77)68-41(51(82)67-40)27-31-10-6-5-7-11-31)65-45(76)36(16-22-58)66-53(84)43(30(4)74)72-49(80)38(18-24-60)70-54(85)69-33-13-9-8-12-32(33)55/h5-13,28-30,34-43,47,62,73-74,78H,14-27,56-60H2,1-4H3,(H,61,83)(H,63,75)(H,64,81)(H,65,76)(H,66,84)(H,67,82)(H,68,77)(H,71,79)(H,72,80)(H2,69,70,85). The van der Waals surface area contributed by atoms with Crippen LogP contribution in [0.1, 0.15) is 78.2 Å². The van der Waals surface area contributed by atoms with Crippen LogP contribution in [0.5, 0.6) is 0 Å². The Balaban J connectivity index is 2.08. The SMILES string of the molecule is CC(C)CC1NC(=O)C(Cc2ccccc2)NC(=O)C(CCN)NC(O)C(NC(=O)C(CCN)NC(=O)C(NC(=O)C(CCN)NC(=O)Nc2ccccc2Cl)C(C)O)CCNC(=O)C(C(C)O)NC(=O)C(CCN)NC(=O)C(CCN)NC1=O. The molecule has 2 aromatic rings. The van der Waals surface area contributed by atoms with Gasteiger partial charge >= 0.3 is 6.03 Å². The number of nitrogens with one attached hydrogen (secondary N) is 12. The summed E-state index contributed by atoms with van der Waals surface area (Å²) in [6, 6.07) is -0.683. The van der Waals surface area contributed by atoms with Gasteiger partial charge in [0.15, 0.2) is 0 Å². The largest absolute Gasteiger partial charge is 0.391 e. The molecule has 0 spiro atoms. The van der Waals surface area contributed by atoms with E-state index in [1.807, 2.05) is 0 Å². The van der Waals surface area contributed by atoms with Crippen molar-refractivity contribution in [3.63, 3.8) is 0 Å². The van der Waals surface area contributed by atoms with E-state index in [0.29, 0.717) is 5.56 Å². The molecular formula is C54H88ClN17O13. The number of para-hydroxylation sites is 1. The summed E-state index contributed by atoms with van der Waals surface area (Å²) in [5.74, 6) is -8.51. The Hall–Kier alpha value is -7.13. The molecule has 13 atom stereocenters. The molecule has 1 aliphatic heterocycles. The van der Waals surface area contributed by atoms with E-state index in [-0.39, 0.29) is 101 Å². The second kappa shape index (κ2) is 37.3. The highest BCUT2D eigenvalue weighted by Crippen LogP contribution is 2.20. The molecular weight excluding hydrogens is 1130 g/mol. The highest BCUT2D eigenvalue weighted by atomic mass is 35.5. The molecule has 474 valence electrons. The molecule has 0 saturated carbocycles. The highest BCUT2D eigenvalue weighted by molar-refractivity contribution is 6.33. The van der Waals surface area contributed by atoms with Gasteiger partial charge in [0.1, 0.15) is 54.6 Å². The number of benzene rings is 2. The van der Waals surface area contributed by atoms with Crippen molar-refractivity contribution < 1.29 is 63.3 Å². The Morgan fingerprint density at radius 2 is 1.11 bits per heavy atom. The third kappa shape index (κ3) is 24.4. The zero-order valence-corrected chi connectivity index (χ0v) is 49.1. The van der Waals surface area contributed by atoms with Crippen LogP contribution in [-0.2, 0) is 49.6 Å². The maximum atomic E-state index is 14.4. The molecule has 11 amide bonds. The monoisotopic (exact) mass is 1220 g/mol. The van der Waals surface area contributed by atoms with E-state index in [1.165, 1.54) is 26.0 Å². The van der Waals surface area contributed by atoms with Crippen LogP contribution in [0.2, 0.25) is 5.02 Å². The minimum atomic E-state index is -1.92. The summed E-state index contributed by atoms with van der Waals surface area (Å²) in [5.41, 5.74) is 30.2. The lowest BCUT2D eigenvalue weighted by Crippen LogP contribution is -2.63. The summed E-state index contributed by atoms with van der Waals surface area (Å²) < 4.78 is 0. The molecule has 3 rings (SSSR count). The molecule has 31 heteroatoms. The number of rotatable bonds is 24. The number of hydrogen-bond acceptors (Lipinski definition) is 19. The number of urea groups is 1. The molecule has 1 aliphatic rings. The van der Waals surface area contributed by atoms with Crippen molar-refractivity contribution >= 4 is 76.5 Å². The maximum Gasteiger partial charge on any atom is 0.319 e. The van der Waals surface area contributed by atoms with Crippen molar-refractivity contribution in [1.82, 2.24) is 58.5 Å². The topological polar surface area (TPSA) is 506 Å². The number of carbonyl (C=O) groups excluding carboxylic acids is 10. The number of carbonyl (C=O) groups is 10. The van der Waals surface area contributed by atoms with Crippen LogP contribution in [0, 0.1) is 5.92 Å². The Morgan fingerprint density at radius 1 is 0.600 bits per heavy atom. The lowest BCUT2D eigenvalue weighted by atomic mass is 10.00. The van der Waals surface area contributed by atoms with Gasteiger partial charge in [0.2, 0.25) is 53.2 Å². The van der Waals surface area contributed by atoms with Gasteiger partial charge in [-0.2, -0.15) is 0 Å². The normalized spacial score (nSPS) is 23.4. The Bertz CT molecular complexity index is 2520. The first kappa shape index (κ1) is 72.1. The molecule has 0 aromatic heterocycles. The summed E-state index contributed by atoms with van der Waals surface area (Å²) >= 11 is 6.16. The van der Waals surface area contributed by atoms with E-state index < -0.39 is 145 Å². The molecule has 0 aliphatic carbocycles. The van der Waals surface area contributed by atoms with Crippen LogP contribution in [0.25, 0.3) is 0 Å². The molecule has 13 unspecified atom stereocenters. The van der Waals surface area contributed by atoms with Gasteiger partial charge in [0.25, 0.3) is 0 Å². The average molecular weight is 1220 g/mol. The van der Waals surface area contributed by atoms with Gasteiger partial charge in [0.05, 0.1) is 35.0 Å². The predicted molar refractivity (Wildman–Crippen MR) is 315 cm³/mol. The van der Waals surface area contributed by atoms with E-state index in [2.05, 4.69) is 63.8 Å². The number of aliphatic hydroxyl groups excluding tert-OH is 3. The van der Waals surface area contributed by atoms with Crippen LogP contribution in [0.4, 0.5) is 10.5 Å². The summed E-state index contributed by atoms with van der Waals surface area (Å²) in [6.45, 7) is 4.78. The van der Waals surface area contributed by atoms with E-state index >= 15 is 0 Å². The lowest BCUT2D eigenvalue weighted by molar-refractivity contribution is -0.136. The van der Waals surface area contributed by atoms with E-state index in [1.54, 1.807) is 56.3 Å². The Kier molecular flexibility index (Phi) is 31.7. The third-order valence-electron chi connectivity index (χ3n) is 13.5. The second-order valence-corrected chi connectivity index (χ2v) is 21.4. The third-order valence-corrected chi connectivity index (χ3v) is 13.8. The van der Waals surface area contributed by atoms with Gasteiger partial charge < -0.3 is 102 Å². The Labute approximate surface area is 498 Å². The zero-order chi connectivity index (χ0) is 63.3. The van der Waals surface area contributed by atoms with Crippen molar-refractivity contribution in [2.24, 2.45) is 34.6 Å². The smallest absolute Gasteiger partial charge is 0.319 e. The average Bonchev–Trinajstić information content (AvgIpc) is 3.57. The van der Waals surface area contributed by atoms with Gasteiger partial charge in [-0.1, -0.05) is 67.9 Å². The first-order valence-corrected chi connectivity index (χ1v) is 28.6. The number of nitrogens with two attached hydrogens (primary N) is 5. The fourth-order valence-corrected chi connectivity index (χ4v) is 9.07. The van der Waals surface area contributed by atoms with E-state index in [9.17, 15) is 63.3 Å². The van der Waals surface area contributed by atoms with Crippen molar-refractivity contribution in [2.45, 2.75) is 158 Å². The van der Waals surface area contributed by atoms with Gasteiger partial charge in [-0.05, 0) is 115 Å². The molecule has 0 bridgehead atoms. The molecule has 0 radical (unpaired) electrons. The van der Waals surface area contributed by atoms with Gasteiger partial charge in [0, 0.05) is 13.0 Å². The molecule has 1 heterocycles. The molecule has 1 fully saturated rings. The van der Waals surface area contributed by atoms with Gasteiger partial charge in [-0.3, -0.25) is 48.5 Å². The molecule has 2 aromatic carbocycles. The summed E-state index contributed by atoms with van der Waals surface area (Å²) in [7, 11) is 0. The molecule has 85 heavy (non-hydrogen) atoms. The van der Waals surface area contributed by atoms with Crippen molar-refractivity contribution in [1.29, 1.82) is 0 Å². The summed E-state index contributed by atoms with van der Waals surface area (Å²) in [5, 5.41) is 64.5. The number of anilines is 1. The minimum absolute atomic E-state index is 0.0485. The van der Waals surface area contributed by atoms with Crippen LogP contribution in [0.3, 0.4) is 0 Å². The summed E-state index contributed by atoms with van der Waals surface area (Å²) in [6.07, 6.45) is -6.41. The van der Waals surface area contributed by atoms with Crippen LogP contribution < -0.4 is 92.5 Å². The molecule has 25 N–H and O–H groups in total. The van der Waals surface area contributed by atoms with Crippen molar-refractivity contribution in [3.8, 4) is 0 Å². The highest BCUT2D eigenvalue weighted by Gasteiger charge is 2.38. The van der Waals surface area contributed by atoms with Gasteiger partial charge in [-0.25, -0.2) is 4.79 Å².